The van der Waals surface area contributed by atoms with Crippen LogP contribution in [0.4, 0.5) is 0 Å². The molecule has 0 aromatic heterocycles. The Balaban J connectivity index is 1.38. The lowest BCUT2D eigenvalue weighted by atomic mass is 9.87. The summed E-state index contributed by atoms with van der Waals surface area (Å²) in [5, 5.41) is 0. The largest absolute Gasteiger partial charge is 0.461 e. The number of fused-ring (bicyclic) bond motifs is 4. The SMILES string of the molecule is CCC(C)(C(=O)OC1CC2CCC1C2)C(=O)OC1CC2CCC1C2. The lowest BCUT2D eigenvalue weighted by Gasteiger charge is -2.31. The third kappa shape index (κ3) is 2.66. The lowest BCUT2D eigenvalue weighted by molar-refractivity contribution is -0.180. The van der Waals surface area contributed by atoms with Crippen molar-refractivity contribution in [1.82, 2.24) is 0 Å². The van der Waals surface area contributed by atoms with Crippen LogP contribution in [0.25, 0.3) is 0 Å². The third-order valence-electron chi connectivity index (χ3n) is 7.47. The molecule has 4 rings (SSSR count). The molecular formula is C20H30O4. The van der Waals surface area contributed by atoms with Crippen molar-refractivity contribution in [3.8, 4) is 0 Å². The Morgan fingerprint density at radius 2 is 1.29 bits per heavy atom. The highest BCUT2D eigenvalue weighted by atomic mass is 16.6. The molecule has 0 aromatic rings. The molecule has 0 aliphatic heterocycles. The zero-order valence-electron chi connectivity index (χ0n) is 15.0. The monoisotopic (exact) mass is 334 g/mol. The summed E-state index contributed by atoms with van der Waals surface area (Å²) < 4.78 is 11.6. The van der Waals surface area contributed by atoms with Gasteiger partial charge in [0.15, 0.2) is 5.41 Å². The van der Waals surface area contributed by atoms with Crippen LogP contribution in [0.1, 0.15) is 71.6 Å². The molecule has 4 aliphatic rings. The maximum absolute atomic E-state index is 12.8. The van der Waals surface area contributed by atoms with Crippen LogP contribution in [0.3, 0.4) is 0 Å². The fraction of sp³-hybridized carbons (Fsp3) is 0.900. The molecule has 134 valence electrons. The van der Waals surface area contributed by atoms with Crippen molar-refractivity contribution in [2.24, 2.45) is 29.1 Å². The van der Waals surface area contributed by atoms with Crippen molar-refractivity contribution in [3.63, 3.8) is 0 Å². The van der Waals surface area contributed by atoms with Gasteiger partial charge in [0.1, 0.15) is 12.2 Å². The summed E-state index contributed by atoms with van der Waals surface area (Å²) in [5.41, 5.74) is -1.15. The number of carbonyl (C=O) groups excluding carboxylic acids is 2. The average Bonchev–Trinajstić information content (AvgIpc) is 3.34. The molecular weight excluding hydrogens is 304 g/mol. The number of rotatable bonds is 5. The summed E-state index contributed by atoms with van der Waals surface area (Å²) in [7, 11) is 0. The van der Waals surface area contributed by atoms with Gasteiger partial charge in [-0.2, -0.15) is 0 Å². The van der Waals surface area contributed by atoms with E-state index in [2.05, 4.69) is 0 Å². The molecule has 4 bridgehead atoms. The summed E-state index contributed by atoms with van der Waals surface area (Å²) in [6.07, 6.45) is 9.72. The van der Waals surface area contributed by atoms with Crippen LogP contribution >= 0.6 is 0 Å². The van der Waals surface area contributed by atoms with Crippen LogP contribution in [0.2, 0.25) is 0 Å². The number of hydrogen-bond donors (Lipinski definition) is 0. The molecule has 0 saturated heterocycles. The Kier molecular flexibility index (Phi) is 4.12. The van der Waals surface area contributed by atoms with Crippen molar-refractivity contribution in [2.45, 2.75) is 83.8 Å². The van der Waals surface area contributed by atoms with Crippen molar-refractivity contribution in [1.29, 1.82) is 0 Å². The van der Waals surface area contributed by atoms with Gasteiger partial charge in [-0.25, -0.2) is 0 Å². The van der Waals surface area contributed by atoms with Gasteiger partial charge in [-0.3, -0.25) is 9.59 Å². The van der Waals surface area contributed by atoms with Crippen molar-refractivity contribution < 1.29 is 19.1 Å². The Labute approximate surface area is 144 Å². The zero-order valence-corrected chi connectivity index (χ0v) is 15.0. The maximum atomic E-state index is 12.8. The second kappa shape index (κ2) is 6.03. The van der Waals surface area contributed by atoms with E-state index in [-0.39, 0.29) is 24.1 Å². The fourth-order valence-electron chi connectivity index (χ4n) is 5.57. The summed E-state index contributed by atoms with van der Waals surface area (Å²) >= 11 is 0. The van der Waals surface area contributed by atoms with Gasteiger partial charge in [0.25, 0.3) is 0 Å². The van der Waals surface area contributed by atoms with Crippen molar-refractivity contribution in [3.05, 3.63) is 0 Å². The van der Waals surface area contributed by atoms with E-state index in [0.29, 0.717) is 18.3 Å². The van der Waals surface area contributed by atoms with Crippen LogP contribution in [0.15, 0.2) is 0 Å². The number of ether oxygens (including phenoxy) is 2. The molecule has 4 nitrogen and oxygen atoms in total. The first-order chi connectivity index (χ1) is 11.5. The van der Waals surface area contributed by atoms with Crippen LogP contribution < -0.4 is 0 Å². The summed E-state index contributed by atoms with van der Waals surface area (Å²) in [6, 6.07) is 0. The lowest BCUT2D eigenvalue weighted by Crippen LogP contribution is -2.43. The van der Waals surface area contributed by atoms with E-state index in [1.807, 2.05) is 6.92 Å². The highest BCUT2D eigenvalue weighted by Crippen LogP contribution is 2.48. The molecule has 24 heavy (non-hydrogen) atoms. The van der Waals surface area contributed by atoms with Crippen molar-refractivity contribution in [2.75, 3.05) is 0 Å². The van der Waals surface area contributed by atoms with E-state index >= 15 is 0 Å². The highest BCUT2D eigenvalue weighted by molar-refractivity contribution is 5.99. The van der Waals surface area contributed by atoms with E-state index < -0.39 is 5.41 Å². The van der Waals surface area contributed by atoms with Crippen LogP contribution in [0, 0.1) is 29.1 Å². The fourth-order valence-corrected chi connectivity index (χ4v) is 5.57. The van der Waals surface area contributed by atoms with E-state index in [4.69, 9.17) is 9.47 Å². The minimum atomic E-state index is -1.15. The zero-order chi connectivity index (χ0) is 16.9. The molecule has 0 aromatic carbocycles. The van der Waals surface area contributed by atoms with E-state index in [1.165, 1.54) is 38.5 Å². The van der Waals surface area contributed by atoms with Crippen LogP contribution in [-0.2, 0) is 19.1 Å². The Morgan fingerprint density at radius 3 is 1.58 bits per heavy atom. The number of esters is 2. The first-order valence-corrected chi connectivity index (χ1v) is 9.91. The molecule has 4 aliphatic carbocycles. The second-order valence-corrected chi connectivity index (χ2v) is 8.92. The molecule has 0 spiro atoms. The molecule has 4 saturated carbocycles. The van der Waals surface area contributed by atoms with Gasteiger partial charge >= 0.3 is 11.9 Å². The molecule has 6 unspecified atom stereocenters. The minimum absolute atomic E-state index is 0.0254. The van der Waals surface area contributed by atoms with E-state index in [9.17, 15) is 9.59 Å². The Bertz CT molecular complexity index is 486. The smallest absolute Gasteiger partial charge is 0.323 e. The molecule has 4 heteroatoms. The molecule has 6 atom stereocenters. The highest BCUT2D eigenvalue weighted by Gasteiger charge is 2.50. The van der Waals surface area contributed by atoms with Gasteiger partial charge in [-0.15, -0.1) is 0 Å². The van der Waals surface area contributed by atoms with Crippen LogP contribution in [-0.4, -0.2) is 24.1 Å². The predicted molar refractivity (Wildman–Crippen MR) is 89.1 cm³/mol. The third-order valence-corrected chi connectivity index (χ3v) is 7.47. The summed E-state index contributed by atoms with van der Waals surface area (Å²) in [5.74, 6) is 1.75. The van der Waals surface area contributed by atoms with Gasteiger partial charge < -0.3 is 9.47 Å². The number of hydrogen-bond acceptors (Lipinski definition) is 4. The standard InChI is InChI=1S/C20H30O4/c1-3-20(2,18(21)23-16-10-12-4-6-14(16)8-12)19(22)24-17-11-13-5-7-15(17)9-13/h12-17H,3-11H2,1-2H3. The second-order valence-electron chi connectivity index (χ2n) is 8.92. The van der Waals surface area contributed by atoms with Gasteiger partial charge in [-0.1, -0.05) is 6.92 Å². The van der Waals surface area contributed by atoms with Gasteiger partial charge in [-0.05, 0) is 88.4 Å². The quantitative estimate of drug-likeness (QED) is 0.566. The van der Waals surface area contributed by atoms with E-state index in [0.717, 1.165) is 24.7 Å². The first-order valence-electron chi connectivity index (χ1n) is 9.91. The Morgan fingerprint density at radius 1 is 0.833 bits per heavy atom. The van der Waals surface area contributed by atoms with Crippen LogP contribution in [0.5, 0.6) is 0 Å². The predicted octanol–water partition coefficient (Wildman–Crippen LogP) is 3.87. The van der Waals surface area contributed by atoms with Gasteiger partial charge in [0, 0.05) is 0 Å². The first kappa shape index (κ1) is 16.4. The molecule has 0 heterocycles. The summed E-state index contributed by atoms with van der Waals surface area (Å²) in [4.78, 5) is 25.6. The Hall–Kier alpha value is -1.06. The normalized spacial score (nSPS) is 42.1. The molecule has 4 fully saturated rings. The average molecular weight is 334 g/mol. The van der Waals surface area contributed by atoms with E-state index in [1.54, 1.807) is 6.92 Å². The minimum Gasteiger partial charge on any atom is -0.461 e. The molecule has 0 radical (unpaired) electrons. The molecule has 0 N–H and O–H groups in total. The maximum Gasteiger partial charge on any atom is 0.323 e. The topological polar surface area (TPSA) is 52.6 Å². The number of carbonyl (C=O) groups is 2. The van der Waals surface area contributed by atoms with Gasteiger partial charge in [0.05, 0.1) is 0 Å². The summed E-state index contributed by atoms with van der Waals surface area (Å²) in [6.45, 7) is 3.59. The van der Waals surface area contributed by atoms with Crippen molar-refractivity contribution >= 4 is 11.9 Å². The molecule has 0 amide bonds. The van der Waals surface area contributed by atoms with Gasteiger partial charge in [0.2, 0.25) is 0 Å².